The third-order valence-corrected chi connectivity index (χ3v) is 3.07. The van der Waals surface area contributed by atoms with E-state index in [1.54, 1.807) is 6.08 Å². The Bertz CT molecular complexity index is 440. The van der Waals surface area contributed by atoms with E-state index in [0.29, 0.717) is 0 Å². The second kappa shape index (κ2) is 6.17. The topological polar surface area (TPSA) is 92.4 Å². The van der Waals surface area contributed by atoms with Crippen LogP contribution in [0, 0.1) is 6.92 Å². The Balaban J connectivity index is 2.43. The lowest BCUT2D eigenvalue weighted by Crippen LogP contribution is -2.39. The summed E-state index contributed by atoms with van der Waals surface area (Å²) in [7, 11) is 0. The maximum Gasteiger partial charge on any atom is 0.248 e. The second-order valence-electron chi connectivity index (χ2n) is 3.46. The minimum Gasteiger partial charge on any atom is -0.381 e. The summed E-state index contributed by atoms with van der Waals surface area (Å²) < 4.78 is 0. The lowest BCUT2D eigenvalue weighted by atomic mass is 10.2. The number of carbonyl (C=O) groups excluding carboxylic acids is 2. The van der Waals surface area contributed by atoms with Gasteiger partial charge in [0.25, 0.3) is 0 Å². The predicted molar refractivity (Wildman–Crippen MR) is 66.3 cm³/mol. The highest BCUT2D eigenvalue weighted by molar-refractivity contribution is 7.11. The average molecular weight is 254 g/mol. The maximum atomic E-state index is 11.3. The van der Waals surface area contributed by atoms with Crippen molar-refractivity contribution in [2.45, 2.75) is 13.0 Å². The molecule has 0 bridgehead atoms. The van der Waals surface area contributed by atoms with Gasteiger partial charge in [-0.1, -0.05) is 0 Å². The van der Waals surface area contributed by atoms with E-state index < -0.39 is 12.0 Å². The van der Waals surface area contributed by atoms with Gasteiger partial charge >= 0.3 is 0 Å². The minimum absolute atomic E-state index is 0.179. The summed E-state index contributed by atoms with van der Waals surface area (Å²) in [5, 5.41) is 13.4. The normalized spacial score (nSPS) is 12.6. The molecule has 1 aromatic heterocycles. The van der Waals surface area contributed by atoms with Crippen molar-refractivity contribution in [3.05, 3.63) is 28.0 Å². The van der Waals surface area contributed by atoms with Gasteiger partial charge in [-0.15, -0.1) is 11.3 Å². The molecule has 5 nitrogen and oxygen atoms in total. The molecule has 0 saturated carbocycles. The molecule has 92 valence electrons. The number of hydrogen-bond acceptors (Lipinski definition) is 4. The van der Waals surface area contributed by atoms with Gasteiger partial charge in [0.05, 0.1) is 6.54 Å². The Kier molecular flexibility index (Phi) is 4.86. The molecule has 0 aliphatic heterocycles. The van der Waals surface area contributed by atoms with E-state index in [2.05, 4.69) is 5.32 Å². The molecule has 0 spiro atoms. The first-order valence-electron chi connectivity index (χ1n) is 4.98. The molecule has 4 N–H and O–H groups in total. The Labute approximate surface area is 103 Å². The molecule has 6 heteroatoms. The van der Waals surface area contributed by atoms with E-state index >= 15 is 0 Å². The van der Waals surface area contributed by atoms with Gasteiger partial charge in [0, 0.05) is 11.0 Å². The predicted octanol–water partition coefficient (Wildman–Crippen LogP) is 0.0321. The van der Waals surface area contributed by atoms with Gasteiger partial charge in [-0.25, -0.2) is 0 Å². The smallest absolute Gasteiger partial charge is 0.248 e. The molecule has 17 heavy (non-hydrogen) atoms. The van der Waals surface area contributed by atoms with Crippen LogP contribution in [-0.4, -0.2) is 29.6 Å². The quantitative estimate of drug-likeness (QED) is 0.647. The molecule has 0 saturated heterocycles. The van der Waals surface area contributed by atoms with E-state index in [0.717, 1.165) is 10.4 Å². The molecule has 0 aliphatic carbocycles. The third kappa shape index (κ3) is 4.38. The Morgan fingerprint density at radius 2 is 2.35 bits per heavy atom. The highest BCUT2D eigenvalue weighted by atomic mass is 32.1. The zero-order chi connectivity index (χ0) is 12.8. The molecule has 0 aliphatic rings. The summed E-state index contributed by atoms with van der Waals surface area (Å²) in [4.78, 5) is 22.8. The lowest BCUT2D eigenvalue weighted by molar-refractivity contribution is -0.126. The first kappa shape index (κ1) is 13.4. The van der Waals surface area contributed by atoms with Crippen molar-refractivity contribution in [3.8, 4) is 0 Å². The third-order valence-electron chi connectivity index (χ3n) is 2.09. The highest BCUT2D eigenvalue weighted by Crippen LogP contribution is 2.16. The van der Waals surface area contributed by atoms with E-state index in [1.807, 2.05) is 18.4 Å². The van der Waals surface area contributed by atoms with Gasteiger partial charge in [0.1, 0.15) is 6.10 Å². The van der Waals surface area contributed by atoms with Crippen LogP contribution < -0.4 is 11.1 Å². The minimum atomic E-state index is -1.35. The Morgan fingerprint density at radius 3 is 2.88 bits per heavy atom. The van der Waals surface area contributed by atoms with Crippen LogP contribution in [-0.2, 0) is 9.59 Å². The molecule has 2 amide bonds. The largest absolute Gasteiger partial charge is 0.381 e. The molecular formula is C11H14N2O3S. The Hall–Kier alpha value is -1.66. The molecule has 1 heterocycles. The van der Waals surface area contributed by atoms with Crippen LogP contribution >= 0.6 is 11.3 Å². The number of nitrogens with one attached hydrogen (secondary N) is 1. The fourth-order valence-corrected chi connectivity index (χ4v) is 1.88. The van der Waals surface area contributed by atoms with E-state index in [4.69, 9.17) is 10.8 Å². The molecule has 0 radical (unpaired) electrons. The first-order chi connectivity index (χ1) is 8.00. The van der Waals surface area contributed by atoms with Crippen LogP contribution in [0.2, 0.25) is 0 Å². The number of carbonyl (C=O) groups is 2. The highest BCUT2D eigenvalue weighted by Gasteiger charge is 2.10. The van der Waals surface area contributed by atoms with Crippen molar-refractivity contribution in [3.63, 3.8) is 0 Å². The first-order valence-corrected chi connectivity index (χ1v) is 5.86. The number of nitrogens with two attached hydrogens (primary N) is 1. The van der Waals surface area contributed by atoms with Crippen molar-refractivity contribution < 1.29 is 14.7 Å². The van der Waals surface area contributed by atoms with Gasteiger partial charge in [-0.05, 0) is 30.0 Å². The van der Waals surface area contributed by atoms with Gasteiger partial charge < -0.3 is 16.2 Å². The summed E-state index contributed by atoms with van der Waals surface area (Å²) in [6.45, 7) is 1.77. The number of thiophene rings is 1. The molecule has 1 atom stereocenters. The standard InChI is InChI=1S/C11H14N2O3S/c1-7-4-5-17-9(7)2-3-10(15)13-6-8(14)11(12)16/h2-5,8,14H,6H2,1H3,(H2,12,16)(H,13,15)/b3-2+. The Morgan fingerprint density at radius 1 is 1.65 bits per heavy atom. The second-order valence-corrected chi connectivity index (χ2v) is 4.41. The summed E-state index contributed by atoms with van der Waals surface area (Å²) >= 11 is 1.53. The van der Waals surface area contributed by atoms with Crippen molar-refractivity contribution in [1.82, 2.24) is 5.32 Å². The molecule has 1 rings (SSSR count). The SMILES string of the molecule is Cc1ccsc1/C=C/C(=O)NCC(O)C(N)=O. The number of amides is 2. The van der Waals surface area contributed by atoms with Crippen molar-refractivity contribution in [2.24, 2.45) is 5.73 Å². The zero-order valence-corrected chi connectivity index (χ0v) is 10.2. The van der Waals surface area contributed by atoms with Gasteiger partial charge in [0.15, 0.2) is 0 Å². The van der Waals surface area contributed by atoms with Crippen LogP contribution in [0.4, 0.5) is 0 Å². The maximum absolute atomic E-state index is 11.3. The van der Waals surface area contributed by atoms with E-state index in [9.17, 15) is 9.59 Å². The zero-order valence-electron chi connectivity index (χ0n) is 9.34. The lowest BCUT2D eigenvalue weighted by Gasteiger charge is -2.05. The number of rotatable bonds is 5. The summed E-state index contributed by atoms with van der Waals surface area (Å²) in [6.07, 6.45) is 1.69. The summed E-state index contributed by atoms with van der Waals surface area (Å²) in [6, 6.07) is 1.96. The van der Waals surface area contributed by atoms with Crippen LogP contribution in [0.15, 0.2) is 17.5 Å². The molecule has 0 aromatic carbocycles. The molecule has 0 fully saturated rings. The summed E-state index contributed by atoms with van der Waals surface area (Å²) in [5.41, 5.74) is 5.93. The molecular weight excluding hydrogens is 240 g/mol. The fraction of sp³-hybridized carbons (Fsp3) is 0.273. The number of aliphatic hydroxyl groups is 1. The van der Waals surface area contributed by atoms with Gasteiger partial charge in [-0.2, -0.15) is 0 Å². The van der Waals surface area contributed by atoms with Crippen LogP contribution in [0.3, 0.4) is 0 Å². The number of primary amides is 1. The van der Waals surface area contributed by atoms with Gasteiger partial charge in [-0.3, -0.25) is 9.59 Å². The fourth-order valence-electron chi connectivity index (χ4n) is 1.06. The summed E-state index contributed by atoms with van der Waals surface area (Å²) in [5.74, 6) is -1.23. The van der Waals surface area contributed by atoms with Crippen molar-refractivity contribution in [1.29, 1.82) is 0 Å². The monoisotopic (exact) mass is 254 g/mol. The van der Waals surface area contributed by atoms with Gasteiger partial charge in [0.2, 0.25) is 11.8 Å². The van der Waals surface area contributed by atoms with Crippen molar-refractivity contribution >= 4 is 29.2 Å². The van der Waals surface area contributed by atoms with E-state index in [-0.39, 0.29) is 12.5 Å². The number of aryl methyl sites for hydroxylation is 1. The van der Waals surface area contributed by atoms with Crippen LogP contribution in [0.1, 0.15) is 10.4 Å². The molecule has 1 aromatic rings. The van der Waals surface area contributed by atoms with Crippen molar-refractivity contribution in [2.75, 3.05) is 6.54 Å². The van der Waals surface area contributed by atoms with Crippen LogP contribution in [0.25, 0.3) is 6.08 Å². The molecule has 1 unspecified atom stereocenters. The number of aliphatic hydroxyl groups excluding tert-OH is 1. The number of hydrogen-bond donors (Lipinski definition) is 3. The van der Waals surface area contributed by atoms with Crippen LogP contribution in [0.5, 0.6) is 0 Å². The average Bonchev–Trinajstić information content (AvgIpc) is 2.68. The van der Waals surface area contributed by atoms with E-state index in [1.165, 1.54) is 17.4 Å².